The third-order valence-corrected chi connectivity index (χ3v) is 6.40. The summed E-state index contributed by atoms with van der Waals surface area (Å²) in [7, 11) is 1.37. The first-order chi connectivity index (χ1) is 18.2. The fraction of sp³-hybridized carbons (Fsp3) is 0.444. The molecule has 4 rings (SSSR count). The Morgan fingerprint density at radius 1 is 0.842 bits per heavy atom. The van der Waals surface area contributed by atoms with Crippen molar-refractivity contribution in [1.29, 1.82) is 0 Å². The summed E-state index contributed by atoms with van der Waals surface area (Å²) in [4.78, 5) is 35.9. The number of esters is 3. The zero-order valence-electron chi connectivity index (χ0n) is 21.4. The van der Waals surface area contributed by atoms with E-state index in [1.165, 1.54) is 27.9 Å². The third kappa shape index (κ3) is 6.38. The fourth-order valence-electron chi connectivity index (χ4n) is 4.56. The molecule has 0 spiro atoms. The molecule has 2 aliphatic rings. The van der Waals surface area contributed by atoms with Crippen molar-refractivity contribution in [1.82, 2.24) is 0 Å². The monoisotopic (exact) mass is 548 g/mol. The average Bonchev–Trinajstić information content (AvgIpc) is 2.86. The zero-order valence-corrected chi connectivity index (χ0v) is 22.2. The number of carbonyl (C=O) groups excluding carboxylic acids is 3. The van der Waals surface area contributed by atoms with Crippen LogP contribution in [0.1, 0.15) is 43.6 Å². The Balaban J connectivity index is 1.69. The van der Waals surface area contributed by atoms with Crippen LogP contribution in [0.25, 0.3) is 0 Å². The third-order valence-electron chi connectivity index (χ3n) is 6.03. The lowest BCUT2D eigenvalue weighted by Gasteiger charge is -2.44. The highest BCUT2D eigenvalue weighted by molar-refractivity contribution is 6.31. The first-order valence-corrected chi connectivity index (χ1v) is 12.4. The molecule has 0 saturated carbocycles. The van der Waals surface area contributed by atoms with Crippen LogP contribution in [0.5, 0.6) is 11.5 Å². The minimum Gasteiger partial charge on any atom is -0.486 e. The molecule has 5 atom stereocenters. The number of hydrogen-bond donors (Lipinski definition) is 0. The molecule has 10 nitrogen and oxygen atoms in total. The van der Waals surface area contributed by atoms with Gasteiger partial charge in [-0.1, -0.05) is 29.8 Å². The summed E-state index contributed by atoms with van der Waals surface area (Å²) in [6.07, 6.45) is -5.10. The highest BCUT2D eigenvalue weighted by atomic mass is 35.5. The van der Waals surface area contributed by atoms with Gasteiger partial charge in [0.15, 0.2) is 36.1 Å². The Bertz CT molecular complexity index is 1200. The molecular formula is C27H29ClO10. The molecule has 2 aliphatic heterocycles. The van der Waals surface area contributed by atoms with Crippen molar-refractivity contribution in [3.63, 3.8) is 0 Å². The summed E-state index contributed by atoms with van der Waals surface area (Å²) in [5.41, 5.74) is 2.30. The van der Waals surface area contributed by atoms with Gasteiger partial charge in [-0.2, -0.15) is 0 Å². The van der Waals surface area contributed by atoms with Gasteiger partial charge in [-0.15, -0.1) is 0 Å². The molecule has 0 unspecified atom stereocenters. The van der Waals surface area contributed by atoms with E-state index in [4.69, 9.17) is 44.8 Å². The van der Waals surface area contributed by atoms with E-state index >= 15 is 0 Å². The van der Waals surface area contributed by atoms with E-state index in [9.17, 15) is 14.4 Å². The smallest absolute Gasteiger partial charge is 0.303 e. The van der Waals surface area contributed by atoms with E-state index in [1.807, 2.05) is 24.3 Å². The number of carbonyl (C=O) groups is 3. The maximum Gasteiger partial charge on any atom is 0.303 e. The maximum atomic E-state index is 12.1. The Morgan fingerprint density at radius 3 is 2.13 bits per heavy atom. The number of hydrogen-bond acceptors (Lipinski definition) is 10. The van der Waals surface area contributed by atoms with Crippen LogP contribution < -0.4 is 9.47 Å². The molecule has 2 heterocycles. The van der Waals surface area contributed by atoms with Gasteiger partial charge in [0, 0.05) is 32.9 Å². The molecule has 0 aliphatic carbocycles. The van der Waals surface area contributed by atoms with E-state index in [1.54, 1.807) is 12.1 Å². The van der Waals surface area contributed by atoms with Crippen molar-refractivity contribution < 1.29 is 47.5 Å². The standard InChI is InChI=1S/C27H29ClO10/c1-14(29)35-24-23(38-27(32-4)26(37-16(3)31)25(24)36-15(2)30)18-6-7-20(28)19(13-18)11-17-5-8-21-22(12-17)34-10-9-33-21/h5-8,12-13,23-27H,9-11H2,1-4H3/t23-,24-,25+,26-,27+/m0/s1. The van der Waals surface area contributed by atoms with Crippen LogP contribution >= 0.6 is 11.6 Å². The number of rotatable bonds is 7. The van der Waals surface area contributed by atoms with Crippen LogP contribution in [0.3, 0.4) is 0 Å². The van der Waals surface area contributed by atoms with Crippen molar-refractivity contribution in [3.8, 4) is 11.5 Å². The molecule has 38 heavy (non-hydrogen) atoms. The van der Waals surface area contributed by atoms with Crippen molar-refractivity contribution in [2.45, 2.75) is 57.9 Å². The van der Waals surface area contributed by atoms with Crippen molar-refractivity contribution in [2.75, 3.05) is 20.3 Å². The van der Waals surface area contributed by atoms with Gasteiger partial charge in [-0.25, -0.2) is 0 Å². The van der Waals surface area contributed by atoms with Gasteiger partial charge in [0.05, 0.1) is 0 Å². The Kier molecular flexibility index (Phi) is 8.76. The molecule has 1 saturated heterocycles. The topological polar surface area (TPSA) is 116 Å². The van der Waals surface area contributed by atoms with E-state index < -0.39 is 48.6 Å². The first-order valence-electron chi connectivity index (χ1n) is 12.0. The lowest BCUT2D eigenvalue weighted by atomic mass is 9.91. The second-order valence-electron chi connectivity index (χ2n) is 8.89. The average molecular weight is 549 g/mol. The van der Waals surface area contributed by atoms with Gasteiger partial charge in [0.25, 0.3) is 0 Å². The Morgan fingerprint density at radius 2 is 1.47 bits per heavy atom. The normalized spacial score (nSPS) is 24.3. The van der Waals surface area contributed by atoms with Crippen LogP contribution in [0, 0.1) is 0 Å². The molecular weight excluding hydrogens is 520 g/mol. The van der Waals surface area contributed by atoms with Gasteiger partial charge in [-0.05, 0) is 41.3 Å². The largest absolute Gasteiger partial charge is 0.486 e. The number of ether oxygens (including phenoxy) is 7. The molecule has 0 N–H and O–H groups in total. The molecule has 2 aromatic carbocycles. The summed E-state index contributed by atoms with van der Waals surface area (Å²) < 4.78 is 39.3. The number of benzene rings is 2. The fourth-order valence-corrected chi connectivity index (χ4v) is 4.74. The highest BCUT2D eigenvalue weighted by Crippen LogP contribution is 2.39. The minimum absolute atomic E-state index is 0.464. The second kappa shape index (κ2) is 12.0. The van der Waals surface area contributed by atoms with Crippen LogP contribution in [0.15, 0.2) is 36.4 Å². The minimum atomic E-state index is -1.19. The van der Waals surface area contributed by atoms with Gasteiger partial charge >= 0.3 is 17.9 Å². The Labute approximate surface area is 225 Å². The molecule has 2 aromatic rings. The van der Waals surface area contributed by atoms with Crippen molar-refractivity contribution in [2.24, 2.45) is 0 Å². The van der Waals surface area contributed by atoms with E-state index in [-0.39, 0.29) is 0 Å². The molecule has 11 heteroatoms. The second-order valence-corrected chi connectivity index (χ2v) is 9.30. The molecule has 0 bridgehead atoms. The molecule has 204 valence electrons. The lowest BCUT2D eigenvalue weighted by Crippen LogP contribution is -2.58. The predicted octanol–water partition coefficient (Wildman–Crippen LogP) is 3.54. The summed E-state index contributed by atoms with van der Waals surface area (Å²) in [5, 5.41) is 0.515. The molecule has 0 aromatic heterocycles. The maximum absolute atomic E-state index is 12.1. The predicted molar refractivity (Wildman–Crippen MR) is 133 cm³/mol. The molecule has 0 amide bonds. The van der Waals surface area contributed by atoms with E-state index in [2.05, 4.69) is 0 Å². The van der Waals surface area contributed by atoms with Crippen LogP contribution in [-0.2, 0) is 44.5 Å². The summed E-state index contributed by atoms with van der Waals surface area (Å²) in [5.74, 6) is -0.593. The van der Waals surface area contributed by atoms with Gasteiger partial charge in [-0.3, -0.25) is 14.4 Å². The highest BCUT2D eigenvalue weighted by Gasteiger charge is 2.52. The number of methoxy groups -OCH3 is 1. The van der Waals surface area contributed by atoms with Gasteiger partial charge in [0.2, 0.25) is 0 Å². The van der Waals surface area contributed by atoms with Crippen molar-refractivity contribution >= 4 is 29.5 Å². The molecule has 0 radical (unpaired) electrons. The SMILES string of the molecule is CO[C@@H]1O[C@@H](c2ccc(Cl)c(Cc3ccc4c(c3)OCCO4)c2)[C@H](OC(C)=O)[C@@H](OC(C)=O)[C@@H]1OC(C)=O. The van der Waals surface area contributed by atoms with Crippen molar-refractivity contribution in [3.05, 3.63) is 58.1 Å². The number of fused-ring (bicyclic) bond motifs is 1. The van der Waals surface area contributed by atoms with Gasteiger partial charge in [0.1, 0.15) is 19.3 Å². The summed E-state index contributed by atoms with van der Waals surface area (Å²) in [6, 6.07) is 10.9. The molecule has 1 fully saturated rings. The number of halogens is 1. The van der Waals surface area contributed by atoms with Crippen LogP contribution in [0.4, 0.5) is 0 Å². The summed E-state index contributed by atoms with van der Waals surface area (Å²) in [6.45, 7) is 4.60. The lowest BCUT2D eigenvalue weighted by molar-refractivity contribution is -0.300. The van der Waals surface area contributed by atoms with E-state index in [0.717, 1.165) is 11.1 Å². The van der Waals surface area contributed by atoms with Crippen LogP contribution in [-0.4, -0.2) is 62.8 Å². The summed E-state index contributed by atoms with van der Waals surface area (Å²) >= 11 is 6.55. The van der Waals surface area contributed by atoms with Gasteiger partial charge < -0.3 is 33.2 Å². The quantitative estimate of drug-likeness (QED) is 0.376. The first kappa shape index (κ1) is 27.7. The Hall–Kier alpha value is -3.34. The van der Waals surface area contributed by atoms with E-state index in [0.29, 0.717) is 41.7 Å². The van der Waals surface area contributed by atoms with Crippen LogP contribution in [0.2, 0.25) is 5.02 Å². The zero-order chi connectivity index (χ0) is 27.4.